The van der Waals surface area contributed by atoms with Crippen molar-refractivity contribution in [2.45, 2.75) is 6.10 Å². The maximum Gasteiger partial charge on any atom is 0.0757 e. The Kier molecular flexibility index (Phi) is 2.16. The molecule has 0 spiro atoms. The van der Waals surface area contributed by atoms with Crippen LogP contribution in [-0.4, -0.2) is 37.3 Å². The van der Waals surface area contributed by atoms with Gasteiger partial charge in [-0.1, -0.05) is 0 Å². The highest BCUT2D eigenvalue weighted by atomic mass is 32.2. The first-order valence-corrected chi connectivity index (χ1v) is 5.02. The minimum atomic E-state index is 0.535. The summed E-state index contributed by atoms with van der Waals surface area (Å²) in [5, 5.41) is 3.37. The van der Waals surface area contributed by atoms with Crippen molar-refractivity contribution < 1.29 is 4.74 Å². The van der Waals surface area contributed by atoms with E-state index >= 15 is 0 Å². The lowest BCUT2D eigenvalue weighted by atomic mass is 10.0. The quantitative estimate of drug-likeness (QED) is 0.550. The zero-order valence-corrected chi connectivity index (χ0v) is 6.82. The van der Waals surface area contributed by atoms with Crippen molar-refractivity contribution in [2.75, 3.05) is 31.2 Å². The van der Waals surface area contributed by atoms with Crippen LogP contribution >= 0.6 is 11.8 Å². The Morgan fingerprint density at radius 1 is 1.50 bits per heavy atom. The highest BCUT2D eigenvalue weighted by molar-refractivity contribution is 7.99. The summed E-state index contributed by atoms with van der Waals surface area (Å²) in [6, 6.07) is 0. The Labute approximate surface area is 65.7 Å². The number of thioether (sulfide) groups is 1. The van der Waals surface area contributed by atoms with Crippen molar-refractivity contribution >= 4 is 11.8 Å². The van der Waals surface area contributed by atoms with Gasteiger partial charge in [-0.15, -0.1) is 0 Å². The predicted octanol–water partition coefficient (Wildman–Crippen LogP) is 0.338. The molecule has 0 saturated carbocycles. The molecule has 0 aromatic heterocycles. The molecule has 0 aliphatic carbocycles. The molecule has 58 valence electrons. The molecule has 2 heterocycles. The fourth-order valence-corrected chi connectivity index (χ4v) is 2.44. The van der Waals surface area contributed by atoms with E-state index in [1.54, 1.807) is 0 Å². The zero-order chi connectivity index (χ0) is 6.81. The highest BCUT2D eigenvalue weighted by Gasteiger charge is 2.31. The van der Waals surface area contributed by atoms with Crippen molar-refractivity contribution in [2.24, 2.45) is 5.92 Å². The standard InChI is InChI=1S/C7H13NOS/c1-2-10-5-6-4-9-7(6)3-8-1/h6-8H,1-5H2. The molecule has 0 amide bonds. The highest BCUT2D eigenvalue weighted by Crippen LogP contribution is 2.24. The van der Waals surface area contributed by atoms with Crippen LogP contribution in [0.4, 0.5) is 0 Å². The zero-order valence-electron chi connectivity index (χ0n) is 6.01. The molecule has 1 N–H and O–H groups in total. The van der Waals surface area contributed by atoms with Crippen molar-refractivity contribution in [1.82, 2.24) is 5.32 Å². The van der Waals surface area contributed by atoms with Gasteiger partial charge in [0.25, 0.3) is 0 Å². The van der Waals surface area contributed by atoms with E-state index in [0.29, 0.717) is 6.10 Å². The summed E-state index contributed by atoms with van der Waals surface area (Å²) in [7, 11) is 0. The van der Waals surface area contributed by atoms with Gasteiger partial charge in [0.1, 0.15) is 0 Å². The van der Waals surface area contributed by atoms with Gasteiger partial charge in [0, 0.05) is 30.5 Å². The topological polar surface area (TPSA) is 21.3 Å². The minimum absolute atomic E-state index is 0.535. The summed E-state index contributed by atoms with van der Waals surface area (Å²) >= 11 is 2.05. The van der Waals surface area contributed by atoms with Crippen LogP contribution in [0.1, 0.15) is 0 Å². The van der Waals surface area contributed by atoms with E-state index in [0.717, 1.165) is 25.6 Å². The van der Waals surface area contributed by atoms with Crippen LogP contribution in [-0.2, 0) is 4.74 Å². The third-order valence-electron chi connectivity index (χ3n) is 2.15. The molecule has 0 bridgehead atoms. The SMILES string of the molecule is C1CSCC2COC2CN1. The molecule has 3 heteroatoms. The Morgan fingerprint density at radius 3 is 3.30 bits per heavy atom. The van der Waals surface area contributed by atoms with E-state index < -0.39 is 0 Å². The molecule has 2 aliphatic heterocycles. The second-order valence-electron chi connectivity index (χ2n) is 2.91. The average molecular weight is 159 g/mol. The van der Waals surface area contributed by atoms with Gasteiger partial charge in [-0.05, 0) is 0 Å². The maximum absolute atomic E-state index is 5.39. The smallest absolute Gasteiger partial charge is 0.0757 e. The number of ether oxygens (including phenoxy) is 1. The van der Waals surface area contributed by atoms with Gasteiger partial charge < -0.3 is 10.1 Å². The number of fused-ring (bicyclic) bond motifs is 1. The van der Waals surface area contributed by atoms with Gasteiger partial charge in [0.05, 0.1) is 12.7 Å². The number of hydrogen-bond acceptors (Lipinski definition) is 3. The van der Waals surface area contributed by atoms with Crippen LogP contribution in [0.25, 0.3) is 0 Å². The van der Waals surface area contributed by atoms with Crippen LogP contribution in [0.3, 0.4) is 0 Å². The molecule has 2 unspecified atom stereocenters. The largest absolute Gasteiger partial charge is 0.376 e. The lowest BCUT2D eigenvalue weighted by molar-refractivity contribution is -0.101. The average Bonchev–Trinajstić information content (AvgIpc) is 1.89. The molecule has 2 fully saturated rings. The summed E-state index contributed by atoms with van der Waals surface area (Å²) in [5.41, 5.74) is 0. The van der Waals surface area contributed by atoms with Gasteiger partial charge in [0.15, 0.2) is 0 Å². The van der Waals surface area contributed by atoms with Crippen LogP contribution in [0, 0.1) is 5.92 Å². The second kappa shape index (κ2) is 3.11. The van der Waals surface area contributed by atoms with Gasteiger partial charge in [0.2, 0.25) is 0 Å². The molecule has 2 rings (SSSR count). The number of rotatable bonds is 0. The summed E-state index contributed by atoms with van der Waals surface area (Å²) < 4.78 is 5.39. The first kappa shape index (κ1) is 6.95. The predicted molar refractivity (Wildman–Crippen MR) is 43.4 cm³/mol. The molecule has 10 heavy (non-hydrogen) atoms. The minimum Gasteiger partial charge on any atom is -0.376 e. The Balaban J connectivity index is 1.83. The molecule has 2 atom stereocenters. The summed E-state index contributed by atoms with van der Waals surface area (Å²) in [5.74, 6) is 3.42. The van der Waals surface area contributed by atoms with E-state index in [-0.39, 0.29) is 0 Å². The van der Waals surface area contributed by atoms with Gasteiger partial charge in [-0.2, -0.15) is 11.8 Å². The molecule has 2 nitrogen and oxygen atoms in total. The van der Waals surface area contributed by atoms with Crippen molar-refractivity contribution in [3.8, 4) is 0 Å². The Hall–Kier alpha value is 0.270. The monoisotopic (exact) mass is 159 g/mol. The molecule has 2 aliphatic rings. The molecule has 0 aromatic carbocycles. The molecular formula is C7H13NOS. The first-order chi connectivity index (χ1) is 4.97. The Bertz CT molecular complexity index is 106. The molecule has 0 radical (unpaired) electrons. The van der Waals surface area contributed by atoms with E-state index in [9.17, 15) is 0 Å². The van der Waals surface area contributed by atoms with E-state index in [1.165, 1.54) is 11.5 Å². The van der Waals surface area contributed by atoms with Gasteiger partial charge >= 0.3 is 0 Å². The third kappa shape index (κ3) is 1.31. The summed E-state index contributed by atoms with van der Waals surface area (Å²) in [6.45, 7) is 3.22. The van der Waals surface area contributed by atoms with Crippen LogP contribution < -0.4 is 5.32 Å². The Morgan fingerprint density at radius 2 is 2.50 bits per heavy atom. The fourth-order valence-electron chi connectivity index (χ4n) is 1.37. The molecular weight excluding hydrogens is 146 g/mol. The first-order valence-electron chi connectivity index (χ1n) is 3.87. The summed E-state index contributed by atoms with van der Waals surface area (Å²) in [4.78, 5) is 0. The number of nitrogens with one attached hydrogen (secondary N) is 1. The third-order valence-corrected chi connectivity index (χ3v) is 3.31. The maximum atomic E-state index is 5.39. The second-order valence-corrected chi connectivity index (χ2v) is 4.06. The fraction of sp³-hybridized carbons (Fsp3) is 1.00. The molecule has 2 saturated heterocycles. The van der Waals surface area contributed by atoms with E-state index in [2.05, 4.69) is 5.32 Å². The lowest BCUT2D eigenvalue weighted by Crippen LogP contribution is -2.49. The van der Waals surface area contributed by atoms with Crippen LogP contribution in [0.5, 0.6) is 0 Å². The van der Waals surface area contributed by atoms with E-state index in [1.807, 2.05) is 11.8 Å². The lowest BCUT2D eigenvalue weighted by Gasteiger charge is -2.38. The van der Waals surface area contributed by atoms with E-state index in [4.69, 9.17) is 4.74 Å². The molecule has 0 aromatic rings. The van der Waals surface area contributed by atoms with Gasteiger partial charge in [-0.25, -0.2) is 0 Å². The van der Waals surface area contributed by atoms with Crippen molar-refractivity contribution in [3.05, 3.63) is 0 Å². The van der Waals surface area contributed by atoms with Crippen LogP contribution in [0.2, 0.25) is 0 Å². The summed E-state index contributed by atoms with van der Waals surface area (Å²) in [6.07, 6.45) is 0.535. The van der Waals surface area contributed by atoms with Crippen molar-refractivity contribution in [3.63, 3.8) is 0 Å². The van der Waals surface area contributed by atoms with Gasteiger partial charge in [-0.3, -0.25) is 0 Å². The normalized spacial score (nSPS) is 40.8. The number of hydrogen-bond donors (Lipinski definition) is 1. The van der Waals surface area contributed by atoms with Crippen LogP contribution in [0.15, 0.2) is 0 Å². The van der Waals surface area contributed by atoms with Crippen molar-refractivity contribution in [1.29, 1.82) is 0 Å².